The third kappa shape index (κ3) is 62.9. The molecule has 0 heterocycles. The van der Waals surface area contributed by atoms with E-state index in [-0.39, 0.29) is 31.1 Å². The van der Waals surface area contributed by atoms with E-state index in [0.29, 0.717) is 19.3 Å². The van der Waals surface area contributed by atoms with Gasteiger partial charge in [0.2, 0.25) is 0 Å². The summed E-state index contributed by atoms with van der Waals surface area (Å²) in [7, 11) is 0. The van der Waals surface area contributed by atoms with Crippen LogP contribution in [0.3, 0.4) is 0 Å². The quantitative estimate of drug-likeness (QED) is 0.0261. The maximum atomic E-state index is 12.9. The van der Waals surface area contributed by atoms with Crippen LogP contribution in [-0.2, 0) is 28.6 Å². The molecule has 0 aromatic carbocycles. The summed E-state index contributed by atoms with van der Waals surface area (Å²) in [6.45, 7) is 6.49. The Morgan fingerprint density at radius 3 is 0.795 bits per heavy atom. The van der Waals surface area contributed by atoms with Crippen molar-refractivity contribution in [2.75, 3.05) is 13.2 Å². The highest BCUT2D eigenvalue weighted by molar-refractivity contribution is 5.71. The number of allylic oxidation sites excluding steroid dienone is 18. The van der Waals surface area contributed by atoms with Crippen LogP contribution in [0.15, 0.2) is 109 Å². The summed E-state index contributed by atoms with van der Waals surface area (Å²) in [5.41, 5.74) is 0. The Labute approximate surface area is 482 Å². The molecule has 0 aliphatic heterocycles. The molecule has 1 atom stereocenters. The van der Waals surface area contributed by atoms with Crippen LogP contribution in [0.2, 0.25) is 0 Å². The fraction of sp³-hybridized carbons (Fsp3) is 0.708. The summed E-state index contributed by atoms with van der Waals surface area (Å²) in [5, 5.41) is 0. The van der Waals surface area contributed by atoms with Crippen molar-refractivity contribution in [2.45, 2.75) is 316 Å². The van der Waals surface area contributed by atoms with Gasteiger partial charge in [-0.1, -0.05) is 291 Å². The van der Waals surface area contributed by atoms with Gasteiger partial charge in [0, 0.05) is 19.3 Å². The molecule has 0 bridgehead atoms. The van der Waals surface area contributed by atoms with Crippen molar-refractivity contribution in [2.24, 2.45) is 0 Å². The molecule has 0 aromatic heterocycles. The second kappa shape index (κ2) is 65.6. The monoisotopic (exact) mass is 1080 g/mol. The van der Waals surface area contributed by atoms with Crippen molar-refractivity contribution in [1.82, 2.24) is 0 Å². The van der Waals surface area contributed by atoms with E-state index in [1.807, 2.05) is 0 Å². The van der Waals surface area contributed by atoms with Crippen molar-refractivity contribution < 1.29 is 28.6 Å². The van der Waals surface area contributed by atoms with Crippen LogP contribution in [0.5, 0.6) is 0 Å². The average molecular weight is 1080 g/mol. The Bertz CT molecular complexity index is 1570. The summed E-state index contributed by atoms with van der Waals surface area (Å²) in [6.07, 6.45) is 89.7. The minimum Gasteiger partial charge on any atom is -0.462 e. The lowest BCUT2D eigenvalue weighted by molar-refractivity contribution is -0.167. The van der Waals surface area contributed by atoms with Crippen LogP contribution in [0.4, 0.5) is 0 Å². The summed E-state index contributed by atoms with van der Waals surface area (Å²) in [5.74, 6) is -0.891. The zero-order chi connectivity index (χ0) is 56.4. The van der Waals surface area contributed by atoms with E-state index in [0.717, 1.165) is 128 Å². The summed E-state index contributed by atoms with van der Waals surface area (Å²) < 4.78 is 16.9. The van der Waals surface area contributed by atoms with Crippen molar-refractivity contribution in [3.63, 3.8) is 0 Å². The number of carbonyl (C=O) groups excluding carboxylic acids is 3. The number of esters is 3. The average Bonchev–Trinajstić information content (AvgIpc) is 3.44. The SMILES string of the molecule is CC/C=C\C/C=C\C/C=C\C/C=C\C/C=C\C/C=C\C/C=C\CCCCCCCCCCCCCCCC(=O)OCC(COC(=O)CCCCCCCCCCC)OC(=O)CCCCCCC/C=C\C/C=C\CCCCCC. The van der Waals surface area contributed by atoms with E-state index in [1.165, 1.54) is 141 Å². The van der Waals surface area contributed by atoms with Crippen LogP contribution in [0, 0.1) is 0 Å². The molecule has 0 radical (unpaired) electrons. The summed E-state index contributed by atoms with van der Waals surface area (Å²) in [4.78, 5) is 38.1. The number of unbranched alkanes of at least 4 members (excludes halogenated alkanes) is 30. The highest BCUT2D eigenvalue weighted by atomic mass is 16.6. The molecule has 0 saturated carbocycles. The maximum absolute atomic E-state index is 12.9. The van der Waals surface area contributed by atoms with Gasteiger partial charge in [0.1, 0.15) is 13.2 Å². The van der Waals surface area contributed by atoms with Gasteiger partial charge in [0.15, 0.2) is 6.10 Å². The van der Waals surface area contributed by atoms with E-state index in [1.54, 1.807) is 0 Å². The third-order valence-corrected chi connectivity index (χ3v) is 14.0. The molecule has 0 saturated heterocycles. The normalized spacial score (nSPS) is 12.8. The fourth-order valence-electron chi connectivity index (χ4n) is 9.10. The molecule has 446 valence electrons. The van der Waals surface area contributed by atoms with Gasteiger partial charge in [-0.05, 0) is 109 Å². The van der Waals surface area contributed by atoms with E-state index in [9.17, 15) is 14.4 Å². The number of hydrogen-bond donors (Lipinski definition) is 0. The van der Waals surface area contributed by atoms with E-state index >= 15 is 0 Å². The van der Waals surface area contributed by atoms with Crippen LogP contribution >= 0.6 is 0 Å². The predicted molar refractivity (Wildman–Crippen MR) is 339 cm³/mol. The fourth-order valence-corrected chi connectivity index (χ4v) is 9.10. The molecule has 0 aliphatic rings. The molecule has 0 aliphatic carbocycles. The first-order valence-corrected chi connectivity index (χ1v) is 32.9. The molecule has 0 amide bonds. The van der Waals surface area contributed by atoms with Crippen molar-refractivity contribution in [3.05, 3.63) is 109 Å². The van der Waals surface area contributed by atoms with Crippen LogP contribution in [0.25, 0.3) is 0 Å². The molecule has 1 unspecified atom stereocenters. The first-order valence-electron chi connectivity index (χ1n) is 32.9. The van der Waals surface area contributed by atoms with Crippen LogP contribution in [-0.4, -0.2) is 37.2 Å². The van der Waals surface area contributed by atoms with E-state index < -0.39 is 6.10 Å². The molecule has 0 spiro atoms. The Balaban J connectivity index is 4.12. The lowest BCUT2D eigenvalue weighted by atomic mass is 10.0. The molecular weight excluding hydrogens is 961 g/mol. The van der Waals surface area contributed by atoms with Gasteiger partial charge in [-0.25, -0.2) is 0 Å². The largest absolute Gasteiger partial charge is 0.462 e. The standard InChI is InChI=1S/C72H122O6/c1-4-7-10-13-16-19-21-23-25-27-28-29-30-31-32-33-34-35-36-37-38-39-40-41-42-43-44-45-47-48-50-53-56-59-62-65-71(74)77-68-69(67-76-70(73)64-61-58-55-52-18-15-12-9-6-3)78-72(75)66-63-60-57-54-51-49-46-26-24-22-20-17-14-11-8-5-2/h7,10,16,19-20,22-23,25-26,28-29,31-32,34-35,37-38,46,69H,4-6,8-9,11-15,17-18,21,24,27,30,33,36,39-45,47-68H2,1-3H3/b10-7-,19-16-,22-20-,25-23-,29-28-,32-31-,35-34-,38-37-,46-26-. The lowest BCUT2D eigenvalue weighted by Gasteiger charge is -2.18. The summed E-state index contributed by atoms with van der Waals surface area (Å²) >= 11 is 0. The predicted octanol–water partition coefficient (Wildman–Crippen LogP) is 22.6. The number of hydrogen-bond acceptors (Lipinski definition) is 6. The van der Waals surface area contributed by atoms with Gasteiger partial charge in [0.25, 0.3) is 0 Å². The number of ether oxygens (including phenoxy) is 3. The Morgan fingerprint density at radius 1 is 0.269 bits per heavy atom. The Morgan fingerprint density at radius 2 is 0.500 bits per heavy atom. The Kier molecular flexibility index (Phi) is 62.3. The molecule has 0 fully saturated rings. The minimum absolute atomic E-state index is 0.0807. The minimum atomic E-state index is -0.783. The van der Waals surface area contributed by atoms with Crippen molar-refractivity contribution >= 4 is 17.9 Å². The highest BCUT2D eigenvalue weighted by Crippen LogP contribution is 2.16. The second-order valence-electron chi connectivity index (χ2n) is 21.6. The van der Waals surface area contributed by atoms with Gasteiger partial charge in [-0.15, -0.1) is 0 Å². The molecule has 78 heavy (non-hydrogen) atoms. The number of carbonyl (C=O) groups is 3. The second-order valence-corrected chi connectivity index (χ2v) is 21.6. The molecule has 6 nitrogen and oxygen atoms in total. The summed E-state index contributed by atoms with van der Waals surface area (Å²) in [6, 6.07) is 0. The van der Waals surface area contributed by atoms with Crippen molar-refractivity contribution in [1.29, 1.82) is 0 Å². The molecule has 0 N–H and O–H groups in total. The zero-order valence-electron chi connectivity index (χ0n) is 51.2. The smallest absolute Gasteiger partial charge is 0.306 e. The topological polar surface area (TPSA) is 78.9 Å². The van der Waals surface area contributed by atoms with Crippen LogP contribution < -0.4 is 0 Å². The molecule has 0 aromatic rings. The lowest BCUT2D eigenvalue weighted by Crippen LogP contribution is -2.30. The first kappa shape index (κ1) is 74.1. The van der Waals surface area contributed by atoms with Crippen LogP contribution in [0.1, 0.15) is 310 Å². The van der Waals surface area contributed by atoms with Gasteiger partial charge >= 0.3 is 17.9 Å². The third-order valence-electron chi connectivity index (χ3n) is 14.0. The van der Waals surface area contributed by atoms with Gasteiger partial charge in [-0.3, -0.25) is 14.4 Å². The molecule has 0 rings (SSSR count). The Hall–Kier alpha value is -3.93. The zero-order valence-corrected chi connectivity index (χ0v) is 51.2. The highest BCUT2D eigenvalue weighted by Gasteiger charge is 2.19. The van der Waals surface area contributed by atoms with E-state index in [4.69, 9.17) is 14.2 Å². The van der Waals surface area contributed by atoms with Crippen molar-refractivity contribution in [3.8, 4) is 0 Å². The van der Waals surface area contributed by atoms with E-state index in [2.05, 4.69) is 130 Å². The first-order chi connectivity index (χ1) is 38.5. The molecule has 6 heteroatoms. The maximum Gasteiger partial charge on any atom is 0.306 e. The van der Waals surface area contributed by atoms with Gasteiger partial charge in [-0.2, -0.15) is 0 Å². The van der Waals surface area contributed by atoms with Gasteiger partial charge < -0.3 is 14.2 Å². The molecular formula is C72H122O6. The number of rotatable bonds is 59. The van der Waals surface area contributed by atoms with Gasteiger partial charge in [0.05, 0.1) is 0 Å².